The van der Waals surface area contributed by atoms with Crippen molar-refractivity contribution in [1.29, 1.82) is 0 Å². The average Bonchev–Trinajstić information content (AvgIpc) is 2.34. The van der Waals surface area contributed by atoms with Crippen LogP contribution in [0.2, 0.25) is 25.7 Å². The molecule has 0 aliphatic heterocycles. The van der Waals surface area contributed by atoms with E-state index in [1.165, 1.54) is 17.2 Å². The van der Waals surface area contributed by atoms with E-state index in [0.29, 0.717) is 0 Å². The predicted molar refractivity (Wildman–Crippen MR) is 63.8 cm³/mol. The van der Waals surface area contributed by atoms with E-state index in [1.807, 2.05) is 0 Å². The first-order chi connectivity index (χ1) is 5.97. The molecule has 0 aromatic rings. The van der Waals surface area contributed by atoms with Crippen LogP contribution in [0.25, 0.3) is 0 Å². The van der Waals surface area contributed by atoms with Gasteiger partial charge in [0.2, 0.25) is 0 Å². The molecular weight excluding hydrogens is 172 g/mol. The van der Waals surface area contributed by atoms with Crippen molar-refractivity contribution >= 4 is 8.07 Å². The van der Waals surface area contributed by atoms with Crippen molar-refractivity contribution in [3.05, 3.63) is 36.0 Å². The van der Waals surface area contributed by atoms with E-state index in [2.05, 4.69) is 44.4 Å². The van der Waals surface area contributed by atoms with Crippen LogP contribution in [0, 0.1) is 0 Å². The van der Waals surface area contributed by atoms with E-state index < -0.39 is 8.07 Å². The fourth-order valence-electron chi connectivity index (χ4n) is 1.74. The molecule has 0 atom stereocenters. The lowest BCUT2D eigenvalue weighted by Crippen LogP contribution is -2.19. The maximum atomic E-state index is 4.16. The monoisotopic (exact) mass is 192 g/mol. The SMILES string of the molecule is C=C(CC1=CCC=C1)C[Si](C)(C)C. The molecule has 0 spiro atoms. The Hall–Kier alpha value is -0.563. The highest BCUT2D eigenvalue weighted by molar-refractivity contribution is 6.76. The first kappa shape index (κ1) is 10.5. The summed E-state index contributed by atoms with van der Waals surface area (Å²) in [5, 5.41) is 0. The molecule has 0 aromatic heterocycles. The molecule has 0 saturated heterocycles. The standard InChI is InChI=1S/C12H20Si/c1-11(10-13(2,3)4)9-12-7-5-6-8-12/h5,7-8H,1,6,9-10H2,2-4H3. The number of allylic oxidation sites excluding steroid dienone is 5. The summed E-state index contributed by atoms with van der Waals surface area (Å²) < 4.78 is 0. The van der Waals surface area contributed by atoms with Gasteiger partial charge in [0.25, 0.3) is 0 Å². The Morgan fingerprint density at radius 2 is 2.15 bits per heavy atom. The lowest BCUT2D eigenvalue weighted by atomic mass is 10.1. The van der Waals surface area contributed by atoms with E-state index in [-0.39, 0.29) is 0 Å². The van der Waals surface area contributed by atoms with Crippen molar-refractivity contribution in [3.8, 4) is 0 Å². The topological polar surface area (TPSA) is 0 Å². The lowest BCUT2D eigenvalue weighted by molar-refractivity contribution is 1.14. The van der Waals surface area contributed by atoms with Gasteiger partial charge in [-0.05, 0) is 24.5 Å². The summed E-state index contributed by atoms with van der Waals surface area (Å²) >= 11 is 0. The van der Waals surface area contributed by atoms with E-state index >= 15 is 0 Å². The molecule has 1 aliphatic carbocycles. The molecule has 0 amide bonds. The zero-order chi connectivity index (χ0) is 9.90. The Kier molecular flexibility index (Phi) is 3.31. The van der Waals surface area contributed by atoms with Gasteiger partial charge in [-0.15, -0.1) is 0 Å². The highest BCUT2D eigenvalue weighted by Crippen LogP contribution is 2.23. The molecule has 0 N–H and O–H groups in total. The zero-order valence-corrected chi connectivity index (χ0v) is 10.1. The minimum Gasteiger partial charge on any atom is -0.0998 e. The third-order valence-corrected chi connectivity index (χ3v) is 3.64. The maximum absolute atomic E-state index is 4.16. The van der Waals surface area contributed by atoms with Crippen LogP contribution in [0.5, 0.6) is 0 Å². The van der Waals surface area contributed by atoms with Crippen LogP contribution in [0.3, 0.4) is 0 Å². The van der Waals surface area contributed by atoms with E-state index in [9.17, 15) is 0 Å². The number of rotatable bonds is 4. The van der Waals surface area contributed by atoms with Crippen LogP contribution in [-0.4, -0.2) is 8.07 Å². The molecule has 0 nitrogen and oxygen atoms in total. The first-order valence-electron chi connectivity index (χ1n) is 4.99. The van der Waals surface area contributed by atoms with Gasteiger partial charge in [-0.2, -0.15) is 0 Å². The highest BCUT2D eigenvalue weighted by Gasteiger charge is 2.14. The van der Waals surface area contributed by atoms with E-state index in [4.69, 9.17) is 0 Å². The Morgan fingerprint density at radius 3 is 2.62 bits per heavy atom. The summed E-state index contributed by atoms with van der Waals surface area (Å²) in [7, 11) is -0.943. The van der Waals surface area contributed by atoms with Crippen molar-refractivity contribution in [2.75, 3.05) is 0 Å². The van der Waals surface area contributed by atoms with Crippen LogP contribution < -0.4 is 0 Å². The molecule has 1 aliphatic rings. The van der Waals surface area contributed by atoms with Gasteiger partial charge in [0.15, 0.2) is 0 Å². The smallest absolute Gasteiger partial charge is 0.0483 e. The van der Waals surface area contributed by atoms with Crippen LogP contribution in [-0.2, 0) is 0 Å². The molecule has 0 aromatic carbocycles. The van der Waals surface area contributed by atoms with Gasteiger partial charge in [-0.25, -0.2) is 0 Å². The lowest BCUT2D eigenvalue weighted by Gasteiger charge is -2.17. The van der Waals surface area contributed by atoms with Gasteiger partial charge in [0.05, 0.1) is 0 Å². The summed E-state index contributed by atoms with van der Waals surface area (Å²) in [6.07, 6.45) is 8.97. The second-order valence-corrected chi connectivity index (χ2v) is 10.6. The van der Waals surface area contributed by atoms with Crippen LogP contribution >= 0.6 is 0 Å². The second kappa shape index (κ2) is 4.10. The fourth-order valence-corrected chi connectivity index (χ4v) is 3.36. The van der Waals surface area contributed by atoms with Crippen LogP contribution in [0.1, 0.15) is 12.8 Å². The van der Waals surface area contributed by atoms with Crippen molar-refractivity contribution in [1.82, 2.24) is 0 Å². The highest BCUT2D eigenvalue weighted by atomic mass is 28.3. The van der Waals surface area contributed by atoms with Gasteiger partial charge in [-0.3, -0.25) is 0 Å². The van der Waals surface area contributed by atoms with Gasteiger partial charge in [-0.1, -0.05) is 50.0 Å². The largest absolute Gasteiger partial charge is 0.0998 e. The van der Waals surface area contributed by atoms with Gasteiger partial charge in [0, 0.05) is 8.07 Å². The Labute approximate surface area is 83.1 Å². The molecular formula is C12H20Si. The third-order valence-electron chi connectivity index (χ3n) is 2.08. The number of hydrogen-bond donors (Lipinski definition) is 0. The van der Waals surface area contributed by atoms with E-state index in [0.717, 1.165) is 12.8 Å². The fraction of sp³-hybridized carbons (Fsp3) is 0.500. The molecule has 0 radical (unpaired) electrons. The van der Waals surface area contributed by atoms with Crippen molar-refractivity contribution in [3.63, 3.8) is 0 Å². The maximum Gasteiger partial charge on any atom is 0.0483 e. The minimum atomic E-state index is -0.943. The van der Waals surface area contributed by atoms with Crippen LogP contribution in [0.15, 0.2) is 36.0 Å². The number of hydrogen-bond acceptors (Lipinski definition) is 0. The third kappa shape index (κ3) is 4.27. The quantitative estimate of drug-likeness (QED) is 0.463. The molecule has 1 heteroatoms. The molecule has 1 rings (SSSR count). The molecule has 0 unspecified atom stereocenters. The minimum absolute atomic E-state index is 0.943. The predicted octanol–water partition coefficient (Wildman–Crippen LogP) is 4.16. The van der Waals surface area contributed by atoms with Crippen molar-refractivity contribution in [2.24, 2.45) is 0 Å². The summed E-state index contributed by atoms with van der Waals surface area (Å²) in [5.74, 6) is 0. The summed E-state index contributed by atoms with van der Waals surface area (Å²) in [5.41, 5.74) is 2.88. The molecule has 0 saturated carbocycles. The van der Waals surface area contributed by atoms with Crippen LogP contribution in [0.4, 0.5) is 0 Å². The van der Waals surface area contributed by atoms with Gasteiger partial charge >= 0.3 is 0 Å². The first-order valence-corrected chi connectivity index (χ1v) is 8.70. The summed E-state index contributed by atoms with van der Waals surface area (Å²) in [6, 6.07) is 1.26. The molecule has 0 bridgehead atoms. The zero-order valence-electron chi connectivity index (χ0n) is 9.06. The summed E-state index contributed by atoms with van der Waals surface area (Å²) in [6.45, 7) is 11.4. The van der Waals surface area contributed by atoms with Gasteiger partial charge in [0.1, 0.15) is 0 Å². The molecule has 0 fully saturated rings. The molecule has 13 heavy (non-hydrogen) atoms. The Morgan fingerprint density at radius 1 is 1.46 bits per heavy atom. The van der Waals surface area contributed by atoms with Gasteiger partial charge < -0.3 is 0 Å². The Bertz CT molecular complexity index is 251. The van der Waals surface area contributed by atoms with Crippen molar-refractivity contribution in [2.45, 2.75) is 38.5 Å². The second-order valence-electron chi connectivity index (χ2n) is 5.08. The normalized spacial score (nSPS) is 16.1. The van der Waals surface area contributed by atoms with E-state index in [1.54, 1.807) is 0 Å². The summed E-state index contributed by atoms with van der Waals surface area (Å²) in [4.78, 5) is 0. The molecule has 72 valence electrons. The average molecular weight is 192 g/mol. The Balaban J connectivity index is 2.38. The molecule has 0 heterocycles. The van der Waals surface area contributed by atoms with Crippen molar-refractivity contribution < 1.29 is 0 Å².